The second-order valence-electron chi connectivity index (χ2n) is 5.40. The van der Waals surface area contributed by atoms with E-state index in [4.69, 9.17) is 9.47 Å². The zero-order valence-corrected chi connectivity index (χ0v) is 12.6. The molecule has 6 heteroatoms. The van der Waals surface area contributed by atoms with Gasteiger partial charge in [-0.15, -0.1) is 12.4 Å². The number of ether oxygens (including phenoxy) is 2. The van der Waals surface area contributed by atoms with Crippen molar-refractivity contribution >= 4 is 18.3 Å². The van der Waals surface area contributed by atoms with Crippen LogP contribution in [0.25, 0.3) is 0 Å². The van der Waals surface area contributed by atoms with Crippen LogP contribution >= 0.6 is 12.4 Å². The van der Waals surface area contributed by atoms with Crippen molar-refractivity contribution in [3.63, 3.8) is 0 Å². The van der Waals surface area contributed by atoms with E-state index < -0.39 is 0 Å². The Kier molecular flexibility index (Phi) is 6.53. The van der Waals surface area contributed by atoms with Crippen molar-refractivity contribution in [2.75, 3.05) is 47.1 Å². The molecule has 2 rings (SSSR count). The van der Waals surface area contributed by atoms with Gasteiger partial charge in [-0.3, -0.25) is 4.79 Å². The molecule has 0 radical (unpaired) electrons. The predicted octanol–water partition coefficient (Wildman–Crippen LogP) is 0.672. The van der Waals surface area contributed by atoms with Crippen molar-refractivity contribution in [2.24, 2.45) is 5.41 Å². The van der Waals surface area contributed by atoms with Gasteiger partial charge in [-0.1, -0.05) is 0 Å². The zero-order chi connectivity index (χ0) is 13.0. The third-order valence-electron chi connectivity index (χ3n) is 4.21. The van der Waals surface area contributed by atoms with Gasteiger partial charge in [0.15, 0.2) is 0 Å². The molecule has 0 saturated carbocycles. The average Bonchev–Trinajstić information content (AvgIpc) is 2.92. The fraction of sp³-hybridized carbons (Fsp3) is 0.923. The van der Waals surface area contributed by atoms with Crippen LogP contribution in [-0.2, 0) is 14.3 Å². The Bertz CT molecular complexity index is 284. The Balaban J connectivity index is 0.00000180. The Morgan fingerprint density at radius 1 is 1.47 bits per heavy atom. The van der Waals surface area contributed by atoms with Crippen molar-refractivity contribution < 1.29 is 14.3 Å². The number of likely N-dealkylation sites (N-methyl/N-ethyl adjacent to an activating group) is 1. The minimum Gasteiger partial charge on any atom is -0.384 e. The minimum atomic E-state index is -0.336. The van der Waals surface area contributed by atoms with Gasteiger partial charge in [0.2, 0.25) is 5.91 Å². The number of piperidine rings is 1. The smallest absolute Gasteiger partial charge is 0.231 e. The van der Waals surface area contributed by atoms with Crippen molar-refractivity contribution in [1.82, 2.24) is 10.2 Å². The highest BCUT2D eigenvalue weighted by atomic mass is 35.5. The molecule has 0 aromatic carbocycles. The molecule has 1 unspecified atom stereocenters. The highest BCUT2D eigenvalue weighted by Gasteiger charge is 2.43. The summed E-state index contributed by atoms with van der Waals surface area (Å²) in [7, 11) is 3.58. The van der Waals surface area contributed by atoms with Crippen LogP contribution in [0.4, 0.5) is 0 Å². The molecular formula is C13H25ClN2O3. The van der Waals surface area contributed by atoms with E-state index in [2.05, 4.69) is 5.32 Å². The van der Waals surface area contributed by atoms with E-state index in [0.29, 0.717) is 13.2 Å². The summed E-state index contributed by atoms with van der Waals surface area (Å²) in [4.78, 5) is 14.6. The molecule has 2 saturated heterocycles. The van der Waals surface area contributed by atoms with Gasteiger partial charge in [0, 0.05) is 20.8 Å². The molecule has 1 amide bonds. The summed E-state index contributed by atoms with van der Waals surface area (Å²) in [5, 5.41) is 3.31. The molecule has 5 nitrogen and oxygen atoms in total. The van der Waals surface area contributed by atoms with Crippen molar-refractivity contribution in [1.29, 1.82) is 0 Å². The number of nitrogens with one attached hydrogen (secondary N) is 1. The molecule has 2 aliphatic heterocycles. The van der Waals surface area contributed by atoms with Crippen LogP contribution < -0.4 is 5.32 Å². The Morgan fingerprint density at radius 2 is 2.16 bits per heavy atom. The molecule has 2 heterocycles. The molecule has 2 fully saturated rings. The Morgan fingerprint density at radius 3 is 2.68 bits per heavy atom. The number of carbonyl (C=O) groups is 1. The second kappa shape index (κ2) is 7.43. The van der Waals surface area contributed by atoms with E-state index in [9.17, 15) is 4.79 Å². The van der Waals surface area contributed by atoms with Crippen molar-refractivity contribution in [3.8, 4) is 0 Å². The third-order valence-corrected chi connectivity index (χ3v) is 4.21. The van der Waals surface area contributed by atoms with Crippen LogP contribution in [0.1, 0.15) is 19.3 Å². The minimum absolute atomic E-state index is 0. The van der Waals surface area contributed by atoms with Gasteiger partial charge < -0.3 is 19.7 Å². The van der Waals surface area contributed by atoms with Gasteiger partial charge in [0.1, 0.15) is 0 Å². The van der Waals surface area contributed by atoms with Gasteiger partial charge in [-0.05, 0) is 32.4 Å². The molecule has 19 heavy (non-hydrogen) atoms. The first-order chi connectivity index (χ1) is 8.69. The van der Waals surface area contributed by atoms with Crippen molar-refractivity contribution in [2.45, 2.75) is 25.3 Å². The first-order valence-corrected chi connectivity index (χ1v) is 6.74. The van der Waals surface area contributed by atoms with E-state index in [1.807, 2.05) is 11.9 Å². The number of nitrogens with zero attached hydrogens (tertiary/aromatic N) is 1. The second-order valence-corrected chi connectivity index (χ2v) is 5.40. The van der Waals surface area contributed by atoms with Gasteiger partial charge in [-0.2, -0.15) is 0 Å². The highest BCUT2D eigenvalue weighted by Crippen LogP contribution is 2.32. The van der Waals surface area contributed by atoms with Gasteiger partial charge in [0.05, 0.1) is 24.7 Å². The summed E-state index contributed by atoms with van der Waals surface area (Å²) in [5.74, 6) is 0.223. The molecule has 0 aromatic heterocycles. The normalized spacial score (nSPS) is 25.7. The zero-order valence-electron chi connectivity index (χ0n) is 11.8. The fourth-order valence-electron chi connectivity index (χ4n) is 2.97. The Labute approximate surface area is 121 Å². The van der Waals surface area contributed by atoms with E-state index in [1.54, 1.807) is 7.11 Å². The Hall–Kier alpha value is -0.360. The highest BCUT2D eigenvalue weighted by molar-refractivity contribution is 5.85. The third kappa shape index (κ3) is 3.60. The van der Waals surface area contributed by atoms with E-state index >= 15 is 0 Å². The van der Waals surface area contributed by atoms with Gasteiger partial charge in [0.25, 0.3) is 0 Å². The maximum absolute atomic E-state index is 12.8. The lowest BCUT2D eigenvalue weighted by molar-refractivity contribution is -0.148. The number of methoxy groups -OCH3 is 1. The molecule has 112 valence electrons. The summed E-state index contributed by atoms with van der Waals surface area (Å²) in [6.45, 7) is 3.74. The molecule has 1 N–H and O–H groups in total. The maximum Gasteiger partial charge on any atom is 0.231 e. The van der Waals surface area contributed by atoms with Crippen LogP contribution in [0.15, 0.2) is 0 Å². The first-order valence-electron chi connectivity index (χ1n) is 6.74. The first kappa shape index (κ1) is 16.7. The molecule has 2 aliphatic rings. The van der Waals surface area contributed by atoms with E-state index in [1.165, 1.54) is 0 Å². The number of hydrogen-bond acceptors (Lipinski definition) is 4. The fourth-order valence-corrected chi connectivity index (χ4v) is 2.97. The van der Waals surface area contributed by atoms with Crippen LogP contribution in [0, 0.1) is 5.41 Å². The molecule has 0 bridgehead atoms. The lowest BCUT2D eigenvalue weighted by atomic mass is 9.78. The number of rotatable bonds is 4. The summed E-state index contributed by atoms with van der Waals surface area (Å²) >= 11 is 0. The summed E-state index contributed by atoms with van der Waals surface area (Å²) < 4.78 is 10.7. The SMILES string of the molecule is COCC1(C(=O)N(C)C2CCOC2)CCNCC1.Cl. The number of amides is 1. The molecule has 0 spiro atoms. The van der Waals surface area contributed by atoms with Crippen LogP contribution in [0.2, 0.25) is 0 Å². The summed E-state index contributed by atoms with van der Waals surface area (Å²) in [6.07, 6.45) is 2.67. The standard InChI is InChI=1S/C13H24N2O3.ClH/c1-15(11-3-8-18-9-11)12(16)13(10-17-2)4-6-14-7-5-13;/h11,14H,3-10H2,1-2H3;1H. The monoisotopic (exact) mass is 292 g/mol. The van der Waals surface area contributed by atoms with Crippen molar-refractivity contribution in [3.05, 3.63) is 0 Å². The molecule has 0 aromatic rings. The maximum atomic E-state index is 12.8. The van der Waals surface area contributed by atoms with Gasteiger partial charge in [-0.25, -0.2) is 0 Å². The quantitative estimate of drug-likeness (QED) is 0.828. The average molecular weight is 293 g/mol. The topological polar surface area (TPSA) is 50.8 Å². The van der Waals surface area contributed by atoms with Crippen LogP contribution in [0.3, 0.4) is 0 Å². The molecule has 1 atom stereocenters. The molecular weight excluding hydrogens is 268 g/mol. The number of halogens is 1. The number of carbonyl (C=O) groups excluding carboxylic acids is 1. The largest absolute Gasteiger partial charge is 0.384 e. The van der Waals surface area contributed by atoms with Crippen LogP contribution in [0.5, 0.6) is 0 Å². The molecule has 0 aliphatic carbocycles. The lowest BCUT2D eigenvalue weighted by Gasteiger charge is -2.39. The summed E-state index contributed by atoms with van der Waals surface area (Å²) in [5.41, 5.74) is -0.336. The lowest BCUT2D eigenvalue weighted by Crippen LogP contribution is -2.53. The predicted molar refractivity (Wildman–Crippen MR) is 75.7 cm³/mol. The van der Waals surface area contributed by atoms with Gasteiger partial charge >= 0.3 is 0 Å². The van der Waals surface area contributed by atoms with Crippen LogP contribution in [-0.4, -0.2) is 63.9 Å². The van der Waals surface area contributed by atoms with E-state index in [-0.39, 0.29) is 29.8 Å². The van der Waals surface area contributed by atoms with E-state index in [0.717, 1.165) is 39.0 Å². The summed E-state index contributed by atoms with van der Waals surface area (Å²) in [6, 6.07) is 0.237. The number of hydrogen-bond donors (Lipinski definition) is 1.